The molecule has 1 aliphatic heterocycles. The third kappa shape index (κ3) is 28.4. The van der Waals surface area contributed by atoms with E-state index in [4.69, 9.17) is 9.47 Å². The predicted molar refractivity (Wildman–Crippen MR) is 370 cm³/mol. The van der Waals surface area contributed by atoms with E-state index in [2.05, 4.69) is 47.9 Å². The molecular formula is C69H123N13O16. The van der Waals surface area contributed by atoms with E-state index in [-0.39, 0.29) is 76.1 Å². The Labute approximate surface area is 582 Å². The molecule has 0 aromatic heterocycles. The van der Waals surface area contributed by atoms with Gasteiger partial charge in [0.25, 0.3) is 0 Å². The molecule has 0 bridgehead atoms. The summed E-state index contributed by atoms with van der Waals surface area (Å²) in [6, 6.07) is -12.3. The molecule has 1 aliphatic rings. The van der Waals surface area contributed by atoms with E-state index in [1.807, 2.05) is 55.4 Å². The van der Waals surface area contributed by atoms with Crippen LogP contribution in [0.2, 0.25) is 0 Å². The molecule has 0 saturated carbocycles. The van der Waals surface area contributed by atoms with E-state index in [9.17, 15) is 67.1 Å². The number of rotatable bonds is 21. The van der Waals surface area contributed by atoms with Gasteiger partial charge < -0.3 is 76.9 Å². The summed E-state index contributed by atoms with van der Waals surface area (Å²) < 4.78 is 11.1. The van der Waals surface area contributed by atoms with Crippen molar-refractivity contribution in [3.8, 4) is 0 Å². The third-order valence-corrected chi connectivity index (χ3v) is 17.9. The van der Waals surface area contributed by atoms with Crippen LogP contribution >= 0.6 is 0 Å². The molecule has 3 unspecified atom stereocenters. The van der Waals surface area contributed by atoms with E-state index >= 15 is 0 Å². The molecule has 14 atom stereocenters. The maximum absolute atomic E-state index is 14.8. The van der Waals surface area contributed by atoms with Gasteiger partial charge in [0.05, 0.1) is 0 Å². The summed E-state index contributed by atoms with van der Waals surface area (Å²) in [5.74, 6) is -12.6. The average Bonchev–Trinajstić information content (AvgIpc) is 0.834. The highest BCUT2D eigenvalue weighted by atomic mass is 16.5. The number of hydrogen-bond donors (Lipinski definition) is 9. The molecule has 29 heteroatoms. The van der Waals surface area contributed by atoms with Gasteiger partial charge in [-0.2, -0.15) is 0 Å². The fraction of sp³-hybridized carbons (Fsp3) is 0.797. The quantitative estimate of drug-likeness (QED) is 0.0742. The lowest BCUT2D eigenvalue weighted by Crippen LogP contribution is -2.61. The molecule has 13 amide bonds. The molecule has 0 aromatic carbocycles. The number of nitrogens with one attached hydrogen (secondary N) is 9. The molecule has 1 rings (SSSR count). The van der Waals surface area contributed by atoms with Gasteiger partial charge in [-0.25, -0.2) is 4.79 Å². The number of carbonyl (C=O) groups is 14. The van der Waals surface area contributed by atoms with Crippen LogP contribution in [0.25, 0.3) is 0 Å². The zero-order chi connectivity index (χ0) is 75.3. The number of cyclic esters (lactones) is 1. The maximum atomic E-state index is 14.8. The summed E-state index contributed by atoms with van der Waals surface area (Å²) in [5, 5.41) is 24.4. The molecule has 0 aliphatic carbocycles. The summed E-state index contributed by atoms with van der Waals surface area (Å²) in [6.07, 6.45) is -0.971. The fourth-order valence-corrected chi connectivity index (χ4v) is 11.3. The highest BCUT2D eigenvalue weighted by Gasteiger charge is 2.43. The number of likely N-dealkylation sites (N-methyl/N-ethyl adjacent to an activating group) is 4. The lowest BCUT2D eigenvalue weighted by molar-refractivity contribution is -0.163. The van der Waals surface area contributed by atoms with Crippen molar-refractivity contribution < 1.29 is 76.6 Å². The van der Waals surface area contributed by atoms with Gasteiger partial charge in [0.1, 0.15) is 73.1 Å². The fourth-order valence-electron chi connectivity index (χ4n) is 11.3. The van der Waals surface area contributed by atoms with Crippen LogP contribution < -0.4 is 47.9 Å². The van der Waals surface area contributed by atoms with E-state index in [1.54, 1.807) is 55.4 Å². The van der Waals surface area contributed by atoms with Gasteiger partial charge >= 0.3 is 5.97 Å². The second-order valence-electron chi connectivity index (χ2n) is 28.5. The predicted octanol–water partition coefficient (Wildman–Crippen LogP) is 1.92. The molecule has 9 N–H and O–H groups in total. The molecule has 29 nitrogen and oxygen atoms in total. The third-order valence-electron chi connectivity index (χ3n) is 17.9. The zero-order valence-electron chi connectivity index (χ0n) is 63.0. The largest absolute Gasteiger partial charge is 0.458 e. The standard InChI is InChI=1S/C69H123N13O16/c1-24-42(14)56-64(91)77-54(40(10)11)63(90)72-45(17)60(87)70-30-27-50(83)74-48(34-38(6)7)66(93)82(22)59(44(16)26-3)69(96)98-46(18)57(78-61(88)49(35-39(8)9)80(20)67(94)55(41(12)13)76-53(86)36-97-23)62(89)71-31-28-51(84)73-47(33-37(4)5)65(92)81(21)58(43(15)25-2)68(95)79(19)32-29-52(85)75-56/h37-49,54-59H,24-36H2,1-23H3,(H,70,87)(H,71,89)(H,72,90)(H,73,84)(H,74,83)(H,75,85)(H,76,86)(H,77,91)(H,78,88)/t42-,43-,44-,45-,46+,47+,48?,49+,54?,55-,56+,57-,58?,59+/m0/s1. The molecule has 0 aromatic rings. The van der Waals surface area contributed by atoms with Crippen molar-refractivity contribution in [1.82, 2.24) is 67.5 Å². The maximum Gasteiger partial charge on any atom is 0.329 e. The van der Waals surface area contributed by atoms with Gasteiger partial charge in [-0.1, -0.05) is 130 Å². The lowest BCUT2D eigenvalue weighted by Gasteiger charge is -2.36. The van der Waals surface area contributed by atoms with Gasteiger partial charge in [0.2, 0.25) is 76.8 Å². The van der Waals surface area contributed by atoms with E-state index in [0.29, 0.717) is 19.3 Å². The Balaban J connectivity index is 4.15. The van der Waals surface area contributed by atoms with Crippen LogP contribution in [0.3, 0.4) is 0 Å². The SMILES string of the molecule is CC[C@H](C)C1C(=O)N(C)CCC(=O)N[C@H]([C@@H](C)CC)C(=O)NC(C(C)C)C(=O)N[C@@H](C)C(=O)NCCC(=O)NC(CC(C)C)C(=O)N(C)[C@H]([C@@H](C)CC)C(=O)O[C@H](C)[C@H](NC(=O)[C@@H](CC(C)C)N(C)C(=O)[C@@H](NC(=O)COC)C(C)C)C(=O)NCCC(=O)N[C@H](CC(C)C)C(=O)N1C. The van der Waals surface area contributed by atoms with Gasteiger partial charge in [-0.05, 0) is 80.5 Å². The Morgan fingerprint density at radius 1 is 0.582 bits per heavy atom. The smallest absolute Gasteiger partial charge is 0.329 e. The topological polar surface area (TPSA) is 379 Å². The van der Waals surface area contributed by atoms with Crippen LogP contribution in [0.5, 0.6) is 0 Å². The Kier molecular flexibility index (Phi) is 39.0. The van der Waals surface area contributed by atoms with Crippen LogP contribution in [-0.2, 0) is 76.6 Å². The van der Waals surface area contributed by atoms with Gasteiger partial charge in [-0.3, -0.25) is 62.3 Å². The molecule has 1 saturated heterocycles. The zero-order valence-corrected chi connectivity index (χ0v) is 63.0. The minimum atomic E-state index is -1.73. The number of hydrogen-bond acceptors (Lipinski definition) is 16. The second kappa shape index (κ2) is 43.2. The number of amides is 13. The summed E-state index contributed by atoms with van der Waals surface area (Å²) in [7, 11) is 7.03. The number of carbonyl (C=O) groups excluding carboxylic acids is 14. The van der Waals surface area contributed by atoms with Crippen LogP contribution in [0.15, 0.2) is 0 Å². The molecule has 560 valence electrons. The van der Waals surface area contributed by atoms with Crippen molar-refractivity contribution in [2.45, 2.75) is 249 Å². The minimum absolute atomic E-state index is 0.0609. The summed E-state index contributed by atoms with van der Waals surface area (Å²) >= 11 is 0. The number of esters is 1. The number of methoxy groups -OCH3 is 1. The van der Waals surface area contributed by atoms with Crippen molar-refractivity contribution in [2.75, 3.05) is 61.5 Å². The first kappa shape index (κ1) is 88.6. The monoisotopic (exact) mass is 1390 g/mol. The van der Waals surface area contributed by atoms with Crippen molar-refractivity contribution >= 4 is 82.8 Å². The van der Waals surface area contributed by atoms with Gasteiger partial charge in [-0.15, -0.1) is 0 Å². The van der Waals surface area contributed by atoms with Gasteiger partial charge in [0, 0.05) is 74.2 Å². The van der Waals surface area contributed by atoms with Crippen molar-refractivity contribution in [1.29, 1.82) is 0 Å². The highest BCUT2D eigenvalue weighted by molar-refractivity contribution is 5.97. The normalized spacial score (nSPS) is 24.8. The Bertz CT molecular complexity index is 2690. The van der Waals surface area contributed by atoms with E-state index in [0.717, 1.165) is 4.90 Å². The van der Waals surface area contributed by atoms with Crippen molar-refractivity contribution in [3.05, 3.63) is 0 Å². The molecule has 0 radical (unpaired) electrons. The minimum Gasteiger partial charge on any atom is -0.458 e. The van der Waals surface area contributed by atoms with Crippen molar-refractivity contribution in [2.24, 2.45) is 47.3 Å². The first-order chi connectivity index (χ1) is 45.6. The first-order valence-corrected chi connectivity index (χ1v) is 35.0. The summed E-state index contributed by atoms with van der Waals surface area (Å²) in [6.45, 7) is 30.2. The highest BCUT2D eigenvalue weighted by Crippen LogP contribution is 2.23. The summed E-state index contributed by atoms with van der Waals surface area (Å²) in [4.78, 5) is 203. The summed E-state index contributed by atoms with van der Waals surface area (Å²) in [5.41, 5.74) is 0. The first-order valence-electron chi connectivity index (χ1n) is 35.0. The second-order valence-corrected chi connectivity index (χ2v) is 28.5. The van der Waals surface area contributed by atoms with Crippen LogP contribution in [0.1, 0.15) is 182 Å². The number of nitrogens with zero attached hydrogens (tertiary/aromatic N) is 4. The van der Waals surface area contributed by atoms with Crippen LogP contribution in [-0.4, -0.2) is 230 Å². The van der Waals surface area contributed by atoms with E-state index < -0.39 is 185 Å². The Morgan fingerprint density at radius 2 is 1.05 bits per heavy atom. The number of ether oxygens (including phenoxy) is 2. The lowest BCUT2D eigenvalue weighted by atomic mass is 9.94. The van der Waals surface area contributed by atoms with Crippen LogP contribution in [0.4, 0.5) is 0 Å². The Morgan fingerprint density at radius 3 is 1.51 bits per heavy atom. The Hall–Kier alpha value is -7.46. The average molecular weight is 1390 g/mol. The van der Waals surface area contributed by atoms with E-state index in [1.165, 1.54) is 63.8 Å². The van der Waals surface area contributed by atoms with Gasteiger partial charge in [0.15, 0.2) is 0 Å². The van der Waals surface area contributed by atoms with Crippen LogP contribution in [0, 0.1) is 47.3 Å². The molecule has 1 heterocycles. The molecule has 0 spiro atoms. The molecule has 98 heavy (non-hydrogen) atoms. The molecular weight excluding hydrogens is 1270 g/mol. The molecule has 1 fully saturated rings. The van der Waals surface area contributed by atoms with Crippen molar-refractivity contribution in [3.63, 3.8) is 0 Å².